The van der Waals surface area contributed by atoms with Crippen molar-refractivity contribution in [1.29, 1.82) is 0 Å². The number of hydrogen-bond acceptors (Lipinski definition) is 2. The second-order valence-corrected chi connectivity index (χ2v) is 2.46. The molecule has 2 bridgehead atoms. The molecule has 0 aromatic rings. The van der Waals surface area contributed by atoms with Crippen molar-refractivity contribution in [2.75, 3.05) is 7.11 Å². The normalized spacial score (nSPS) is 16.1. The molecule has 2 aliphatic carbocycles. The van der Waals surface area contributed by atoms with Crippen LogP contribution >= 0.6 is 0 Å². The van der Waals surface area contributed by atoms with Gasteiger partial charge in [0, 0.05) is 0 Å². The molecule has 1 N–H and O–H groups in total. The van der Waals surface area contributed by atoms with E-state index in [1.165, 1.54) is 17.6 Å². The van der Waals surface area contributed by atoms with Crippen LogP contribution in [0.2, 0.25) is 0 Å². The molecule has 0 fully saturated rings. The monoisotopic (exact) mass is 166 g/mol. The van der Waals surface area contributed by atoms with Gasteiger partial charge < -0.3 is 9.84 Å². The molecule has 2 rings (SSSR count). The number of carbonyl (C=O) groups is 1. The molecule has 0 heterocycles. The number of ether oxygens (including phenoxy) is 1. The molecule has 0 aliphatic heterocycles. The van der Waals surface area contributed by atoms with Crippen LogP contribution in [0.3, 0.4) is 0 Å². The molecule has 0 aromatic carbocycles. The predicted molar refractivity (Wildman–Crippen MR) is 45.0 cm³/mol. The van der Waals surface area contributed by atoms with Gasteiger partial charge in [0.05, 0.1) is 7.11 Å². The fourth-order valence-corrected chi connectivity index (χ4v) is 1.01. The van der Waals surface area contributed by atoms with Crippen molar-refractivity contribution in [3.8, 4) is 0 Å². The van der Waals surface area contributed by atoms with E-state index in [1.807, 2.05) is 0 Å². The summed E-state index contributed by atoms with van der Waals surface area (Å²) in [6, 6.07) is 0. The maximum atomic E-state index is 9.15. The highest BCUT2D eigenvalue weighted by Crippen LogP contribution is 2.27. The number of methoxy groups -OCH3 is 1. The molecule has 0 saturated heterocycles. The summed E-state index contributed by atoms with van der Waals surface area (Å²) in [5.41, 5.74) is 2.94. The maximum absolute atomic E-state index is 9.15. The Labute approximate surface area is 70.7 Å². The SMILES string of the molecule is C1=CC2=CC=C1C2.COC(=O)O. The molecule has 0 atom stereocenters. The molecule has 0 saturated carbocycles. The van der Waals surface area contributed by atoms with Gasteiger partial charge in [-0.2, -0.15) is 0 Å². The molecule has 0 amide bonds. The minimum Gasteiger partial charge on any atom is -0.450 e. The molecule has 2 aliphatic rings. The summed E-state index contributed by atoms with van der Waals surface area (Å²) in [5, 5.41) is 7.50. The third kappa shape index (κ3) is 2.27. The van der Waals surface area contributed by atoms with Gasteiger partial charge in [0.1, 0.15) is 0 Å². The first-order valence-electron chi connectivity index (χ1n) is 3.57. The van der Waals surface area contributed by atoms with Crippen molar-refractivity contribution < 1.29 is 14.6 Å². The average Bonchev–Trinajstić information content (AvgIpc) is 2.67. The van der Waals surface area contributed by atoms with Gasteiger partial charge in [-0.05, 0) is 17.6 Å². The van der Waals surface area contributed by atoms with Crippen LogP contribution in [-0.2, 0) is 4.74 Å². The summed E-state index contributed by atoms with van der Waals surface area (Å²) in [6.07, 6.45) is 8.65. The van der Waals surface area contributed by atoms with Crippen molar-refractivity contribution in [2.45, 2.75) is 6.42 Å². The van der Waals surface area contributed by atoms with E-state index in [-0.39, 0.29) is 0 Å². The number of fused-ring (bicyclic) bond motifs is 2. The standard InChI is InChI=1S/C7H6.C2H4O3/c1-2-7-4-3-6(1)5-7;1-5-2(3)4/h1-4H,5H2;1H3,(H,3,4). The fourth-order valence-electron chi connectivity index (χ4n) is 1.01. The summed E-state index contributed by atoms with van der Waals surface area (Å²) < 4.78 is 3.67. The molecule has 0 unspecified atom stereocenters. The lowest BCUT2D eigenvalue weighted by atomic mass is 10.3. The molecule has 64 valence electrons. The summed E-state index contributed by atoms with van der Waals surface area (Å²) in [6.45, 7) is 0. The van der Waals surface area contributed by atoms with E-state index < -0.39 is 6.16 Å². The summed E-state index contributed by atoms with van der Waals surface area (Å²) in [7, 11) is 1.10. The Hall–Kier alpha value is -1.51. The second kappa shape index (κ2) is 3.76. The number of carboxylic acid groups (broad SMARTS) is 1. The minimum atomic E-state index is -1.25. The summed E-state index contributed by atoms with van der Waals surface area (Å²) in [4.78, 5) is 9.15. The number of hydrogen-bond donors (Lipinski definition) is 1. The zero-order chi connectivity index (χ0) is 8.97. The van der Waals surface area contributed by atoms with Crippen LogP contribution in [-0.4, -0.2) is 18.4 Å². The van der Waals surface area contributed by atoms with Gasteiger partial charge in [0.15, 0.2) is 0 Å². The number of rotatable bonds is 0. The van der Waals surface area contributed by atoms with Crippen molar-refractivity contribution in [3.63, 3.8) is 0 Å². The first-order chi connectivity index (χ1) is 5.72. The van der Waals surface area contributed by atoms with E-state index in [0.717, 1.165) is 7.11 Å². The highest BCUT2D eigenvalue weighted by Gasteiger charge is 2.07. The van der Waals surface area contributed by atoms with Gasteiger partial charge in [0.2, 0.25) is 0 Å². The van der Waals surface area contributed by atoms with Crippen LogP contribution in [0, 0.1) is 0 Å². The highest BCUT2D eigenvalue weighted by molar-refractivity contribution is 5.56. The third-order valence-electron chi connectivity index (χ3n) is 1.61. The first-order valence-corrected chi connectivity index (χ1v) is 3.57. The van der Waals surface area contributed by atoms with Crippen molar-refractivity contribution in [3.05, 3.63) is 35.5 Å². The quantitative estimate of drug-likeness (QED) is 0.560. The van der Waals surface area contributed by atoms with Crippen LogP contribution in [0.15, 0.2) is 35.5 Å². The molecular weight excluding hydrogens is 156 g/mol. The van der Waals surface area contributed by atoms with Crippen molar-refractivity contribution >= 4 is 6.16 Å². The lowest BCUT2D eigenvalue weighted by Gasteiger charge is -1.79. The Morgan fingerprint density at radius 2 is 1.83 bits per heavy atom. The van der Waals surface area contributed by atoms with Crippen LogP contribution in [0.1, 0.15) is 6.42 Å². The van der Waals surface area contributed by atoms with Gasteiger partial charge in [-0.25, -0.2) is 4.79 Å². The lowest BCUT2D eigenvalue weighted by Crippen LogP contribution is -1.91. The molecule has 0 radical (unpaired) electrons. The third-order valence-corrected chi connectivity index (χ3v) is 1.61. The smallest absolute Gasteiger partial charge is 0.450 e. The predicted octanol–water partition coefficient (Wildman–Crippen LogP) is 2.12. The van der Waals surface area contributed by atoms with E-state index in [0.29, 0.717) is 0 Å². The van der Waals surface area contributed by atoms with Gasteiger partial charge in [-0.15, -0.1) is 0 Å². The molecule has 0 spiro atoms. The van der Waals surface area contributed by atoms with Crippen LogP contribution in [0.25, 0.3) is 0 Å². The fraction of sp³-hybridized carbons (Fsp3) is 0.222. The zero-order valence-electron chi connectivity index (χ0n) is 6.78. The topological polar surface area (TPSA) is 46.5 Å². The van der Waals surface area contributed by atoms with Crippen LogP contribution < -0.4 is 0 Å². The van der Waals surface area contributed by atoms with E-state index in [4.69, 9.17) is 9.90 Å². The van der Waals surface area contributed by atoms with E-state index >= 15 is 0 Å². The van der Waals surface area contributed by atoms with Crippen molar-refractivity contribution in [2.24, 2.45) is 0 Å². The highest BCUT2D eigenvalue weighted by atomic mass is 16.6. The Kier molecular flexibility index (Phi) is 2.69. The van der Waals surface area contributed by atoms with Gasteiger partial charge in [-0.3, -0.25) is 0 Å². The Morgan fingerprint density at radius 3 is 1.92 bits per heavy atom. The van der Waals surface area contributed by atoms with Gasteiger partial charge in [0.25, 0.3) is 0 Å². The van der Waals surface area contributed by atoms with Gasteiger partial charge >= 0.3 is 6.16 Å². The molecule has 0 aromatic heterocycles. The van der Waals surface area contributed by atoms with Crippen LogP contribution in [0.4, 0.5) is 4.79 Å². The molecule has 3 heteroatoms. The zero-order valence-corrected chi connectivity index (χ0v) is 6.78. The first kappa shape index (κ1) is 8.59. The van der Waals surface area contributed by atoms with Crippen molar-refractivity contribution in [1.82, 2.24) is 0 Å². The van der Waals surface area contributed by atoms with E-state index in [1.54, 1.807) is 0 Å². The Bertz CT molecular complexity index is 251. The van der Waals surface area contributed by atoms with E-state index in [9.17, 15) is 0 Å². The average molecular weight is 166 g/mol. The maximum Gasteiger partial charge on any atom is 0.505 e. The molecule has 12 heavy (non-hydrogen) atoms. The summed E-state index contributed by atoms with van der Waals surface area (Å²) >= 11 is 0. The Balaban J connectivity index is 0.000000130. The molecular formula is C9H10O3. The second-order valence-electron chi connectivity index (χ2n) is 2.46. The number of allylic oxidation sites excluding steroid dienone is 6. The molecule has 3 nitrogen and oxygen atoms in total. The minimum absolute atomic E-state index is 1.10. The van der Waals surface area contributed by atoms with E-state index in [2.05, 4.69) is 29.0 Å². The Morgan fingerprint density at radius 1 is 1.42 bits per heavy atom. The largest absolute Gasteiger partial charge is 0.505 e. The summed E-state index contributed by atoms with van der Waals surface area (Å²) in [5.74, 6) is 0. The van der Waals surface area contributed by atoms with Gasteiger partial charge in [-0.1, -0.05) is 24.3 Å². The lowest BCUT2D eigenvalue weighted by molar-refractivity contribution is 0.114. The van der Waals surface area contributed by atoms with Crippen LogP contribution in [0.5, 0.6) is 0 Å².